The highest BCUT2D eigenvalue weighted by Crippen LogP contribution is 2.26. The number of nitrogens with zero attached hydrogens (tertiary/aromatic N) is 4. The molecule has 2 aliphatic rings. The van der Waals surface area contributed by atoms with Gasteiger partial charge in [0.15, 0.2) is 0 Å². The number of aromatic nitrogens is 4. The summed E-state index contributed by atoms with van der Waals surface area (Å²) in [5, 5.41) is 10.6. The van der Waals surface area contributed by atoms with Crippen LogP contribution in [0.3, 0.4) is 0 Å². The van der Waals surface area contributed by atoms with Crippen molar-refractivity contribution in [2.75, 3.05) is 6.61 Å². The average Bonchev–Trinajstić information content (AvgIpc) is 3.41. The summed E-state index contributed by atoms with van der Waals surface area (Å²) in [5.41, 5.74) is 2.94. The second-order valence-corrected chi connectivity index (χ2v) is 9.24. The van der Waals surface area contributed by atoms with Crippen LogP contribution in [0.4, 0.5) is 0 Å². The van der Waals surface area contributed by atoms with E-state index in [0.717, 1.165) is 47.1 Å². The maximum Gasteiger partial charge on any atom is 0.346 e. The molecule has 1 amide bonds. The fourth-order valence-corrected chi connectivity index (χ4v) is 4.93. The summed E-state index contributed by atoms with van der Waals surface area (Å²) in [6, 6.07) is 6.02. The summed E-state index contributed by atoms with van der Waals surface area (Å²) < 4.78 is 8.77. The highest BCUT2D eigenvalue weighted by molar-refractivity contribution is 7.09. The van der Waals surface area contributed by atoms with Crippen molar-refractivity contribution in [3.8, 4) is 5.75 Å². The lowest BCUT2D eigenvalue weighted by Crippen LogP contribution is -2.36. The van der Waals surface area contributed by atoms with Crippen molar-refractivity contribution in [1.82, 2.24) is 24.6 Å². The van der Waals surface area contributed by atoms with E-state index in [1.807, 2.05) is 24.4 Å². The van der Waals surface area contributed by atoms with Crippen LogP contribution in [-0.2, 0) is 37.1 Å². The Balaban J connectivity index is 1.19. The topological polar surface area (TPSA) is 91.0 Å². The first kappa shape index (κ1) is 20.0. The van der Waals surface area contributed by atoms with Crippen molar-refractivity contribution in [3.05, 3.63) is 61.7 Å². The number of thiazole rings is 1. The fourth-order valence-electron chi connectivity index (χ4n) is 4.32. The smallest absolute Gasteiger partial charge is 0.346 e. The summed E-state index contributed by atoms with van der Waals surface area (Å²) in [6.45, 7) is 3.63. The van der Waals surface area contributed by atoms with E-state index in [-0.39, 0.29) is 17.6 Å². The van der Waals surface area contributed by atoms with Gasteiger partial charge < -0.3 is 10.1 Å². The largest absolute Gasteiger partial charge is 0.493 e. The summed E-state index contributed by atoms with van der Waals surface area (Å²) in [6.07, 6.45) is 3.42. The van der Waals surface area contributed by atoms with E-state index in [4.69, 9.17) is 4.74 Å². The van der Waals surface area contributed by atoms with Crippen molar-refractivity contribution in [3.63, 3.8) is 0 Å². The van der Waals surface area contributed by atoms with Crippen molar-refractivity contribution >= 4 is 17.2 Å². The fraction of sp³-hybridized carbons (Fsp3) is 0.455. The molecule has 1 N–H and O–H groups in total. The molecule has 1 atom stereocenters. The normalized spacial score (nSPS) is 17.5. The Morgan fingerprint density at radius 1 is 1.32 bits per heavy atom. The molecule has 31 heavy (non-hydrogen) atoms. The van der Waals surface area contributed by atoms with Gasteiger partial charge in [0.2, 0.25) is 5.91 Å². The Bertz CT molecular complexity index is 1180. The number of carbonyl (C=O) groups excluding carboxylic acids is 1. The van der Waals surface area contributed by atoms with E-state index >= 15 is 0 Å². The number of hydrogen-bond donors (Lipinski definition) is 1. The number of aryl methyl sites for hydroxylation is 2. The molecule has 1 unspecified atom stereocenters. The molecule has 0 radical (unpaired) electrons. The third kappa shape index (κ3) is 4.27. The van der Waals surface area contributed by atoms with Crippen molar-refractivity contribution < 1.29 is 9.53 Å². The van der Waals surface area contributed by atoms with Crippen LogP contribution >= 0.6 is 11.3 Å². The van der Waals surface area contributed by atoms with Crippen LogP contribution in [0, 0.1) is 6.92 Å². The minimum Gasteiger partial charge on any atom is -0.493 e. The van der Waals surface area contributed by atoms with Gasteiger partial charge in [0.25, 0.3) is 0 Å². The number of rotatable bonds is 5. The lowest BCUT2D eigenvalue weighted by atomic mass is 10.0. The highest BCUT2D eigenvalue weighted by atomic mass is 32.1. The molecule has 2 aromatic heterocycles. The zero-order valence-corrected chi connectivity index (χ0v) is 18.3. The molecule has 8 nitrogen and oxygen atoms in total. The van der Waals surface area contributed by atoms with Crippen LogP contribution in [0.25, 0.3) is 0 Å². The minimum atomic E-state index is -0.104. The average molecular weight is 440 g/mol. The Hall–Kier alpha value is -2.94. The summed E-state index contributed by atoms with van der Waals surface area (Å²) in [4.78, 5) is 29.8. The van der Waals surface area contributed by atoms with Crippen LogP contribution in [0.15, 0.2) is 28.4 Å². The lowest BCUT2D eigenvalue weighted by molar-refractivity contribution is -0.121. The van der Waals surface area contributed by atoms with Crippen LogP contribution in [0.1, 0.15) is 40.5 Å². The predicted molar refractivity (Wildman–Crippen MR) is 117 cm³/mol. The number of ether oxygens (including phenoxy) is 1. The van der Waals surface area contributed by atoms with Crippen molar-refractivity contribution in [2.24, 2.45) is 0 Å². The van der Waals surface area contributed by atoms with Crippen LogP contribution in [0.2, 0.25) is 0 Å². The summed E-state index contributed by atoms with van der Waals surface area (Å²) in [7, 11) is 0. The minimum absolute atomic E-state index is 0.0136. The quantitative estimate of drug-likeness (QED) is 0.655. The number of carbonyl (C=O) groups is 1. The van der Waals surface area contributed by atoms with Gasteiger partial charge in [-0.15, -0.1) is 11.3 Å². The third-order valence-corrected chi connectivity index (χ3v) is 6.70. The van der Waals surface area contributed by atoms with Crippen LogP contribution in [-0.4, -0.2) is 37.9 Å². The number of fused-ring (bicyclic) bond motifs is 2. The van der Waals surface area contributed by atoms with Gasteiger partial charge in [0.1, 0.15) is 11.6 Å². The maximum absolute atomic E-state index is 12.8. The molecule has 0 aliphatic carbocycles. The molecule has 2 aliphatic heterocycles. The summed E-state index contributed by atoms with van der Waals surface area (Å²) >= 11 is 1.57. The Morgan fingerprint density at radius 2 is 2.23 bits per heavy atom. The molecule has 9 heteroatoms. The van der Waals surface area contributed by atoms with E-state index in [0.29, 0.717) is 32.5 Å². The molecule has 1 aromatic carbocycles. The second kappa shape index (κ2) is 8.30. The third-order valence-electron chi connectivity index (χ3n) is 5.88. The van der Waals surface area contributed by atoms with Gasteiger partial charge in [-0.3, -0.25) is 9.36 Å². The first-order chi connectivity index (χ1) is 15.0. The highest BCUT2D eigenvalue weighted by Gasteiger charge is 2.23. The predicted octanol–water partition coefficient (Wildman–Crippen LogP) is 1.86. The van der Waals surface area contributed by atoms with E-state index in [9.17, 15) is 9.59 Å². The Labute approximate surface area is 183 Å². The zero-order valence-electron chi connectivity index (χ0n) is 17.5. The molecule has 0 saturated heterocycles. The SMILES string of the molecule is Cc1nc(Cn2nc3n(c2=O)CCC(NC(=O)Cc2ccc4c(c2)CCO4)CC3)cs1. The molecule has 0 saturated carbocycles. The van der Waals surface area contributed by atoms with Gasteiger partial charge in [-0.25, -0.2) is 14.5 Å². The van der Waals surface area contributed by atoms with Gasteiger partial charge in [0.05, 0.1) is 30.3 Å². The molecule has 162 valence electrons. The lowest BCUT2D eigenvalue weighted by Gasteiger charge is -2.16. The standard InChI is InChI=1S/C22H25N5O3S/c1-14-23-18(13-31-14)12-27-22(29)26-8-6-17(3-5-20(26)25-27)24-21(28)11-15-2-4-19-16(10-15)7-9-30-19/h2,4,10,13,17H,3,5-9,11-12H2,1H3,(H,24,28). The van der Waals surface area contributed by atoms with Crippen LogP contribution < -0.4 is 15.7 Å². The number of amides is 1. The van der Waals surface area contributed by atoms with E-state index in [2.05, 4.69) is 21.5 Å². The molecule has 3 aromatic rings. The Kier molecular flexibility index (Phi) is 5.35. The molecule has 5 rings (SSSR count). The second-order valence-electron chi connectivity index (χ2n) is 8.18. The monoisotopic (exact) mass is 439 g/mol. The zero-order chi connectivity index (χ0) is 21.4. The van der Waals surface area contributed by atoms with Gasteiger partial charge in [-0.05, 0) is 37.0 Å². The van der Waals surface area contributed by atoms with Crippen molar-refractivity contribution in [1.29, 1.82) is 0 Å². The molecule has 4 heterocycles. The molecular formula is C22H25N5O3S. The van der Waals surface area contributed by atoms with E-state index < -0.39 is 0 Å². The van der Waals surface area contributed by atoms with E-state index in [1.165, 1.54) is 10.2 Å². The number of hydrogen-bond acceptors (Lipinski definition) is 6. The molecule has 0 bridgehead atoms. The van der Waals surface area contributed by atoms with Gasteiger partial charge in [0, 0.05) is 30.8 Å². The molecule has 0 fully saturated rings. The number of nitrogens with one attached hydrogen (secondary N) is 1. The Morgan fingerprint density at radius 3 is 3.06 bits per heavy atom. The summed E-state index contributed by atoms with van der Waals surface area (Å²) in [5.74, 6) is 1.73. The van der Waals surface area contributed by atoms with Gasteiger partial charge in [-0.1, -0.05) is 12.1 Å². The van der Waals surface area contributed by atoms with Gasteiger partial charge in [-0.2, -0.15) is 5.10 Å². The first-order valence-electron chi connectivity index (χ1n) is 10.7. The number of benzene rings is 1. The molecule has 0 spiro atoms. The van der Waals surface area contributed by atoms with Crippen molar-refractivity contribution in [2.45, 2.75) is 58.2 Å². The maximum atomic E-state index is 12.8. The molecular weight excluding hydrogens is 414 g/mol. The first-order valence-corrected chi connectivity index (χ1v) is 11.5. The van der Waals surface area contributed by atoms with Gasteiger partial charge >= 0.3 is 5.69 Å². The van der Waals surface area contributed by atoms with Crippen LogP contribution in [0.5, 0.6) is 5.75 Å². The van der Waals surface area contributed by atoms with E-state index in [1.54, 1.807) is 15.9 Å².